The van der Waals surface area contributed by atoms with Gasteiger partial charge in [0.1, 0.15) is 23.9 Å². The Kier molecular flexibility index (Phi) is 4.28. The van der Waals surface area contributed by atoms with Crippen molar-refractivity contribution in [3.8, 4) is 5.75 Å². The minimum atomic E-state index is 0.0952. The van der Waals surface area contributed by atoms with Crippen molar-refractivity contribution >= 4 is 11.6 Å². The molecule has 1 aromatic heterocycles. The van der Waals surface area contributed by atoms with Crippen LogP contribution in [0, 0.1) is 0 Å². The quantitative estimate of drug-likeness (QED) is 0.901. The Morgan fingerprint density at radius 3 is 2.78 bits per heavy atom. The van der Waals surface area contributed by atoms with Crippen LogP contribution in [-0.2, 0) is 13.0 Å². The van der Waals surface area contributed by atoms with Crippen LogP contribution in [0.2, 0.25) is 5.02 Å². The zero-order chi connectivity index (χ0) is 13.0. The zero-order valence-corrected chi connectivity index (χ0v) is 11.0. The van der Waals surface area contributed by atoms with E-state index < -0.39 is 0 Å². The Balaban J connectivity index is 1.92. The third kappa shape index (κ3) is 3.79. The van der Waals surface area contributed by atoms with Crippen LogP contribution in [0.4, 0.5) is 0 Å². The predicted molar refractivity (Wildman–Crippen MR) is 71.8 cm³/mol. The van der Waals surface area contributed by atoms with E-state index in [4.69, 9.17) is 26.5 Å². The van der Waals surface area contributed by atoms with Crippen molar-refractivity contribution in [2.75, 3.05) is 0 Å². The lowest BCUT2D eigenvalue weighted by atomic mass is 10.2. The van der Waals surface area contributed by atoms with Crippen molar-refractivity contribution in [3.63, 3.8) is 0 Å². The van der Waals surface area contributed by atoms with Crippen molar-refractivity contribution in [2.24, 2.45) is 5.73 Å². The van der Waals surface area contributed by atoms with Crippen molar-refractivity contribution < 1.29 is 9.15 Å². The lowest BCUT2D eigenvalue weighted by Crippen LogP contribution is -2.17. The van der Waals surface area contributed by atoms with Gasteiger partial charge in [-0.1, -0.05) is 17.7 Å². The molecule has 0 saturated heterocycles. The average Bonchev–Trinajstić information content (AvgIpc) is 2.73. The molecule has 4 heteroatoms. The summed E-state index contributed by atoms with van der Waals surface area (Å²) in [5, 5.41) is 0.657. The van der Waals surface area contributed by atoms with E-state index in [-0.39, 0.29) is 6.04 Å². The second-order valence-corrected chi connectivity index (χ2v) is 4.73. The highest BCUT2D eigenvalue weighted by Crippen LogP contribution is 2.19. The monoisotopic (exact) mass is 265 g/mol. The van der Waals surface area contributed by atoms with Crippen LogP contribution in [0.1, 0.15) is 18.4 Å². The van der Waals surface area contributed by atoms with Gasteiger partial charge in [0.25, 0.3) is 0 Å². The summed E-state index contributed by atoms with van der Waals surface area (Å²) in [6.45, 7) is 2.34. The summed E-state index contributed by atoms with van der Waals surface area (Å²) in [7, 11) is 0. The first-order valence-corrected chi connectivity index (χ1v) is 6.23. The molecule has 0 bridgehead atoms. The maximum atomic E-state index is 5.87. The molecule has 0 amide bonds. The topological polar surface area (TPSA) is 48.4 Å². The first-order chi connectivity index (χ1) is 8.63. The summed E-state index contributed by atoms with van der Waals surface area (Å²) in [6.07, 6.45) is 0.733. The molecule has 1 unspecified atom stereocenters. The molecule has 1 atom stereocenters. The van der Waals surface area contributed by atoms with E-state index in [1.165, 1.54) is 0 Å². The Hall–Kier alpha value is -1.45. The Morgan fingerprint density at radius 2 is 2.06 bits per heavy atom. The number of benzene rings is 1. The lowest BCUT2D eigenvalue weighted by Gasteiger charge is -2.04. The van der Waals surface area contributed by atoms with Crippen LogP contribution in [0.5, 0.6) is 5.75 Å². The molecule has 0 radical (unpaired) electrons. The molecule has 1 heterocycles. The summed E-state index contributed by atoms with van der Waals surface area (Å²) in [5.41, 5.74) is 5.71. The van der Waals surface area contributed by atoms with Gasteiger partial charge in [0.15, 0.2) is 0 Å². The number of halogens is 1. The van der Waals surface area contributed by atoms with Gasteiger partial charge in [-0.25, -0.2) is 0 Å². The van der Waals surface area contributed by atoms with Gasteiger partial charge < -0.3 is 14.9 Å². The number of ether oxygens (including phenoxy) is 1. The molecule has 0 spiro atoms. The first kappa shape index (κ1) is 13.0. The van der Waals surface area contributed by atoms with Gasteiger partial charge in [-0.05, 0) is 37.3 Å². The Labute approximate surface area is 111 Å². The van der Waals surface area contributed by atoms with Gasteiger partial charge >= 0.3 is 0 Å². The van der Waals surface area contributed by atoms with E-state index in [2.05, 4.69) is 0 Å². The third-order valence-electron chi connectivity index (χ3n) is 2.42. The third-order valence-corrected chi connectivity index (χ3v) is 2.65. The van der Waals surface area contributed by atoms with E-state index in [0.29, 0.717) is 11.6 Å². The van der Waals surface area contributed by atoms with Crippen LogP contribution in [0.15, 0.2) is 40.8 Å². The number of hydrogen-bond donors (Lipinski definition) is 1. The van der Waals surface area contributed by atoms with Crippen LogP contribution >= 0.6 is 11.6 Å². The average molecular weight is 266 g/mol. The molecule has 0 aliphatic heterocycles. The lowest BCUT2D eigenvalue weighted by molar-refractivity contribution is 0.265. The zero-order valence-electron chi connectivity index (χ0n) is 10.2. The Morgan fingerprint density at radius 1 is 1.28 bits per heavy atom. The van der Waals surface area contributed by atoms with E-state index >= 15 is 0 Å². The smallest absolute Gasteiger partial charge is 0.146 e. The first-order valence-electron chi connectivity index (χ1n) is 5.85. The normalized spacial score (nSPS) is 12.4. The number of rotatable bonds is 5. The van der Waals surface area contributed by atoms with E-state index in [0.717, 1.165) is 23.7 Å². The van der Waals surface area contributed by atoms with Crippen molar-refractivity contribution in [1.29, 1.82) is 0 Å². The van der Waals surface area contributed by atoms with E-state index in [9.17, 15) is 0 Å². The Bertz CT molecular complexity index is 508. The van der Waals surface area contributed by atoms with Crippen LogP contribution in [-0.4, -0.2) is 6.04 Å². The van der Waals surface area contributed by atoms with Crippen molar-refractivity contribution in [2.45, 2.75) is 26.0 Å². The second-order valence-electron chi connectivity index (χ2n) is 4.30. The highest BCUT2D eigenvalue weighted by Gasteiger charge is 2.05. The minimum Gasteiger partial charge on any atom is -0.486 e. The summed E-state index contributed by atoms with van der Waals surface area (Å²) >= 11 is 5.87. The van der Waals surface area contributed by atoms with Crippen molar-refractivity contribution in [1.82, 2.24) is 0 Å². The van der Waals surface area contributed by atoms with Gasteiger partial charge in [0.05, 0.1) is 0 Å². The molecule has 0 fully saturated rings. The van der Waals surface area contributed by atoms with Gasteiger partial charge in [0.2, 0.25) is 0 Å². The fourth-order valence-corrected chi connectivity index (χ4v) is 1.82. The molecule has 2 aromatic rings. The molecule has 2 rings (SSSR count). The second kappa shape index (κ2) is 5.94. The minimum absolute atomic E-state index is 0.0952. The van der Waals surface area contributed by atoms with E-state index in [1.54, 1.807) is 6.07 Å². The molecule has 3 nitrogen and oxygen atoms in total. The van der Waals surface area contributed by atoms with Crippen LogP contribution in [0.3, 0.4) is 0 Å². The molecule has 2 N–H and O–H groups in total. The molecule has 96 valence electrons. The van der Waals surface area contributed by atoms with Gasteiger partial charge in [-0.3, -0.25) is 0 Å². The summed E-state index contributed by atoms with van der Waals surface area (Å²) in [4.78, 5) is 0. The van der Waals surface area contributed by atoms with Gasteiger partial charge in [0, 0.05) is 17.5 Å². The molecular formula is C14H16ClNO2. The summed E-state index contributed by atoms with van der Waals surface area (Å²) in [5.74, 6) is 2.40. The molecule has 18 heavy (non-hydrogen) atoms. The largest absolute Gasteiger partial charge is 0.486 e. The highest BCUT2D eigenvalue weighted by molar-refractivity contribution is 6.30. The molecular weight excluding hydrogens is 250 g/mol. The molecule has 0 saturated carbocycles. The van der Waals surface area contributed by atoms with Crippen LogP contribution < -0.4 is 10.5 Å². The van der Waals surface area contributed by atoms with Gasteiger partial charge in [-0.15, -0.1) is 0 Å². The maximum Gasteiger partial charge on any atom is 0.146 e. The van der Waals surface area contributed by atoms with Crippen molar-refractivity contribution in [3.05, 3.63) is 52.9 Å². The SMILES string of the molecule is CC(N)Cc1ccc(COc2cccc(Cl)c2)o1. The van der Waals surface area contributed by atoms with Crippen LogP contribution in [0.25, 0.3) is 0 Å². The van der Waals surface area contributed by atoms with Gasteiger partial charge in [-0.2, -0.15) is 0 Å². The highest BCUT2D eigenvalue weighted by atomic mass is 35.5. The predicted octanol–water partition coefficient (Wildman–Crippen LogP) is 3.40. The fraction of sp³-hybridized carbons (Fsp3) is 0.286. The standard InChI is InChI=1S/C14H16ClNO2/c1-10(16)7-13-5-6-14(18-13)9-17-12-4-2-3-11(15)8-12/h2-6,8,10H,7,9,16H2,1H3. The number of furan rings is 1. The van der Waals surface area contributed by atoms with E-state index in [1.807, 2.05) is 37.3 Å². The number of nitrogens with two attached hydrogens (primary N) is 1. The molecule has 0 aliphatic carbocycles. The molecule has 1 aromatic carbocycles. The summed E-state index contributed by atoms with van der Waals surface area (Å²) < 4.78 is 11.2. The maximum absolute atomic E-state index is 5.87. The summed E-state index contributed by atoms with van der Waals surface area (Å²) in [6, 6.07) is 11.2. The fourth-order valence-electron chi connectivity index (χ4n) is 1.64. The molecule has 0 aliphatic rings. The number of hydrogen-bond acceptors (Lipinski definition) is 3.